The van der Waals surface area contributed by atoms with E-state index in [1.54, 1.807) is 58.6 Å². The van der Waals surface area contributed by atoms with Crippen LogP contribution >= 0.6 is 11.3 Å². The van der Waals surface area contributed by atoms with Crippen molar-refractivity contribution >= 4 is 23.2 Å². The summed E-state index contributed by atoms with van der Waals surface area (Å²) in [4.78, 5) is 28.9. The van der Waals surface area contributed by atoms with Gasteiger partial charge in [0, 0.05) is 17.1 Å². The van der Waals surface area contributed by atoms with Crippen molar-refractivity contribution in [2.24, 2.45) is 4.99 Å². The van der Waals surface area contributed by atoms with Crippen LogP contribution in [0.1, 0.15) is 15.9 Å². The molecule has 3 rings (SSSR count). The molecule has 0 aliphatic rings. The number of nitrogens with zero attached hydrogens (tertiary/aromatic N) is 2. The second-order valence-corrected chi connectivity index (χ2v) is 6.67. The fourth-order valence-electron chi connectivity index (χ4n) is 2.55. The second kappa shape index (κ2) is 9.09. The third kappa shape index (κ3) is 4.72. The maximum Gasteiger partial charge on any atom is 0.267 e. The molecule has 0 radical (unpaired) electrons. The van der Waals surface area contributed by atoms with Crippen LogP contribution in [0.25, 0.3) is 0 Å². The van der Waals surface area contributed by atoms with Gasteiger partial charge < -0.3 is 14.6 Å². The number of amides is 2. The lowest BCUT2D eigenvalue weighted by atomic mass is 10.2. The van der Waals surface area contributed by atoms with E-state index in [0.717, 1.165) is 0 Å². The Kier molecular flexibility index (Phi) is 6.33. The Hall–Kier alpha value is -3.26. The zero-order chi connectivity index (χ0) is 19.9. The van der Waals surface area contributed by atoms with E-state index in [4.69, 9.17) is 4.74 Å². The molecule has 2 amide bonds. The van der Waals surface area contributed by atoms with Crippen molar-refractivity contribution in [2.75, 3.05) is 13.7 Å². The van der Waals surface area contributed by atoms with Crippen LogP contribution in [0.3, 0.4) is 0 Å². The Balaban J connectivity index is 1.68. The van der Waals surface area contributed by atoms with Crippen LogP contribution in [-0.4, -0.2) is 30.0 Å². The van der Waals surface area contributed by atoms with E-state index in [9.17, 15) is 14.0 Å². The predicted octanol–water partition coefficient (Wildman–Crippen LogP) is 2.60. The van der Waals surface area contributed by atoms with Crippen LogP contribution in [-0.2, 0) is 11.3 Å². The first-order valence-corrected chi connectivity index (χ1v) is 9.32. The number of hydrogen-bond donors (Lipinski definition) is 1. The van der Waals surface area contributed by atoms with Crippen molar-refractivity contribution in [3.05, 3.63) is 81.9 Å². The molecule has 2 aromatic carbocycles. The fourth-order valence-corrected chi connectivity index (χ4v) is 3.29. The number of thiazole rings is 1. The minimum absolute atomic E-state index is 0.255. The molecule has 0 atom stereocenters. The third-order valence-electron chi connectivity index (χ3n) is 3.93. The van der Waals surface area contributed by atoms with Gasteiger partial charge in [0.1, 0.15) is 11.6 Å². The molecule has 0 fully saturated rings. The number of halogens is 1. The Morgan fingerprint density at radius 1 is 1.18 bits per heavy atom. The maximum absolute atomic E-state index is 13.8. The summed E-state index contributed by atoms with van der Waals surface area (Å²) in [5, 5.41) is 4.30. The SMILES string of the molecule is COc1ccccc1C(=O)NCC(=O)N=c1sccn1Cc1ccccc1F. The van der Waals surface area contributed by atoms with Gasteiger partial charge in [-0.2, -0.15) is 4.99 Å². The highest BCUT2D eigenvalue weighted by Gasteiger charge is 2.12. The van der Waals surface area contributed by atoms with E-state index in [-0.39, 0.29) is 18.9 Å². The number of carbonyl (C=O) groups is 2. The standard InChI is InChI=1S/C20H18FN3O3S/c1-27-17-9-5-3-7-15(17)19(26)22-12-18(25)23-20-24(10-11-28-20)13-14-6-2-4-8-16(14)21/h2-11H,12-13H2,1H3,(H,22,26). The van der Waals surface area contributed by atoms with E-state index in [1.807, 2.05) is 0 Å². The molecule has 3 aromatic rings. The number of hydrogen-bond acceptors (Lipinski definition) is 4. The summed E-state index contributed by atoms with van der Waals surface area (Å²) in [6.45, 7) is 0.00431. The van der Waals surface area contributed by atoms with Gasteiger partial charge in [-0.1, -0.05) is 30.3 Å². The first kappa shape index (κ1) is 19.5. The van der Waals surface area contributed by atoms with E-state index < -0.39 is 11.8 Å². The van der Waals surface area contributed by atoms with Crippen LogP contribution in [0.2, 0.25) is 0 Å². The minimum atomic E-state index is -0.506. The lowest BCUT2D eigenvalue weighted by molar-refractivity contribution is -0.117. The molecule has 0 bridgehead atoms. The summed E-state index contributed by atoms with van der Waals surface area (Å²) in [5.74, 6) is -0.827. The highest BCUT2D eigenvalue weighted by atomic mass is 32.1. The van der Waals surface area contributed by atoms with Crippen LogP contribution in [0.4, 0.5) is 4.39 Å². The van der Waals surface area contributed by atoms with E-state index in [2.05, 4.69) is 10.3 Å². The van der Waals surface area contributed by atoms with Gasteiger partial charge in [0.2, 0.25) is 0 Å². The van der Waals surface area contributed by atoms with E-state index in [1.165, 1.54) is 24.5 Å². The Labute approximate surface area is 164 Å². The molecule has 0 unspecified atom stereocenters. The molecule has 1 heterocycles. The Morgan fingerprint density at radius 2 is 1.93 bits per heavy atom. The number of ether oxygens (including phenoxy) is 1. The number of carbonyl (C=O) groups excluding carboxylic acids is 2. The fraction of sp³-hybridized carbons (Fsp3) is 0.150. The van der Waals surface area contributed by atoms with Crippen LogP contribution in [0, 0.1) is 5.82 Å². The van der Waals surface area contributed by atoms with Crippen LogP contribution < -0.4 is 14.9 Å². The van der Waals surface area contributed by atoms with Crippen molar-refractivity contribution < 1.29 is 18.7 Å². The molecule has 1 N–H and O–H groups in total. The molecular weight excluding hydrogens is 381 g/mol. The van der Waals surface area contributed by atoms with Gasteiger partial charge in [0.15, 0.2) is 4.80 Å². The Morgan fingerprint density at radius 3 is 2.71 bits per heavy atom. The summed E-state index contributed by atoms with van der Waals surface area (Å²) < 4.78 is 20.7. The molecule has 0 aliphatic carbocycles. The number of aromatic nitrogens is 1. The van der Waals surface area contributed by atoms with Gasteiger partial charge in [0.25, 0.3) is 11.8 Å². The average molecular weight is 399 g/mol. The minimum Gasteiger partial charge on any atom is -0.496 e. The number of para-hydroxylation sites is 1. The van der Waals surface area contributed by atoms with E-state index in [0.29, 0.717) is 21.7 Å². The number of benzene rings is 2. The predicted molar refractivity (Wildman–Crippen MR) is 104 cm³/mol. The normalized spacial score (nSPS) is 11.3. The highest BCUT2D eigenvalue weighted by molar-refractivity contribution is 7.07. The second-order valence-electron chi connectivity index (χ2n) is 5.79. The summed E-state index contributed by atoms with van der Waals surface area (Å²) in [6.07, 6.45) is 1.73. The zero-order valence-electron chi connectivity index (χ0n) is 15.1. The summed E-state index contributed by atoms with van der Waals surface area (Å²) in [7, 11) is 1.47. The van der Waals surface area contributed by atoms with Gasteiger partial charge in [-0.3, -0.25) is 9.59 Å². The third-order valence-corrected chi connectivity index (χ3v) is 4.73. The van der Waals surface area contributed by atoms with Crippen molar-refractivity contribution in [1.82, 2.24) is 9.88 Å². The molecule has 1 aromatic heterocycles. The van der Waals surface area contributed by atoms with Crippen molar-refractivity contribution in [3.8, 4) is 5.75 Å². The topological polar surface area (TPSA) is 72.7 Å². The van der Waals surface area contributed by atoms with Gasteiger partial charge >= 0.3 is 0 Å². The molecule has 0 saturated carbocycles. The summed E-state index contributed by atoms with van der Waals surface area (Å²) >= 11 is 1.26. The Bertz CT molecular complexity index is 1060. The van der Waals surface area contributed by atoms with Crippen molar-refractivity contribution in [1.29, 1.82) is 0 Å². The lowest BCUT2D eigenvalue weighted by Crippen LogP contribution is -2.30. The molecular formula is C20H18FN3O3S. The lowest BCUT2D eigenvalue weighted by Gasteiger charge is -2.07. The summed E-state index contributed by atoms with van der Waals surface area (Å²) in [6, 6.07) is 13.2. The van der Waals surface area contributed by atoms with Gasteiger partial charge in [-0.05, 0) is 18.2 Å². The number of methoxy groups -OCH3 is 1. The molecule has 144 valence electrons. The smallest absolute Gasteiger partial charge is 0.267 e. The van der Waals surface area contributed by atoms with Crippen molar-refractivity contribution in [3.63, 3.8) is 0 Å². The molecule has 0 spiro atoms. The molecule has 28 heavy (non-hydrogen) atoms. The van der Waals surface area contributed by atoms with Crippen LogP contribution in [0.15, 0.2) is 65.1 Å². The zero-order valence-corrected chi connectivity index (χ0v) is 15.9. The van der Waals surface area contributed by atoms with Gasteiger partial charge in [-0.25, -0.2) is 4.39 Å². The van der Waals surface area contributed by atoms with Crippen LogP contribution in [0.5, 0.6) is 5.75 Å². The van der Waals surface area contributed by atoms with Gasteiger partial charge in [0.05, 0.1) is 25.8 Å². The quantitative estimate of drug-likeness (QED) is 0.693. The summed E-state index contributed by atoms with van der Waals surface area (Å²) in [5.41, 5.74) is 0.836. The average Bonchev–Trinajstić information content (AvgIpc) is 3.14. The monoisotopic (exact) mass is 399 g/mol. The highest BCUT2D eigenvalue weighted by Crippen LogP contribution is 2.16. The first-order valence-electron chi connectivity index (χ1n) is 8.44. The number of nitrogens with one attached hydrogen (secondary N) is 1. The largest absolute Gasteiger partial charge is 0.496 e. The maximum atomic E-state index is 13.8. The van der Waals surface area contributed by atoms with E-state index >= 15 is 0 Å². The first-order chi connectivity index (χ1) is 13.6. The molecule has 6 nitrogen and oxygen atoms in total. The van der Waals surface area contributed by atoms with Crippen molar-refractivity contribution in [2.45, 2.75) is 6.54 Å². The molecule has 8 heteroatoms. The number of rotatable bonds is 6. The molecule has 0 saturated heterocycles. The molecule has 0 aliphatic heterocycles. The van der Waals surface area contributed by atoms with Gasteiger partial charge in [-0.15, -0.1) is 11.3 Å².